The van der Waals surface area contributed by atoms with Crippen LogP contribution in [-0.2, 0) is 4.74 Å². The number of ether oxygens (including phenoxy) is 1. The Morgan fingerprint density at radius 3 is 2.70 bits per heavy atom. The molecule has 0 unspecified atom stereocenters. The van der Waals surface area contributed by atoms with Gasteiger partial charge in [0, 0.05) is 13.1 Å². The van der Waals surface area contributed by atoms with Crippen LogP contribution in [0.4, 0.5) is 5.82 Å². The van der Waals surface area contributed by atoms with E-state index in [1.54, 1.807) is 9.47 Å². The lowest BCUT2D eigenvalue weighted by atomic mass is 10.1. The highest BCUT2D eigenvalue weighted by molar-refractivity contribution is 7.73. The number of anilines is 1. The largest absolute Gasteiger partial charge is 0.383 e. The minimum Gasteiger partial charge on any atom is -0.383 e. The fourth-order valence-corrected chi connectivity index (χ4v) is 3.96. The van der Waals surface area contributed by atoms with E-state index in [0.29, 0.717) is 41.0 Å². The number of thiazole rings is 1. The van der Waals surface area contributed by atoms with Crippen LogP contribution in [0.1, 0.15) is 20.8 Å². The molecular formula is C16H19N3O2S2. The number of carbonyl (C=O) groups is 1. The molecule has 0 spiro atoms. The minimum atomic E-state index is -0.0639. The van der Waals surface area contributed by atoms with Crippen molar-refractivity contribution in [3.8, 4) is 5.69 Å². The molecule has 122 valence electrons. The quantitative estimate of drug-likeness (QED) is 0.847. The second-order valence-corrected chi connectivity index (χ2v) is 7.26. The number of amides is 1. The zero-order chi connectivity index (χ0) is 16.6. The van der Waals surface area contributed by atoms with Crippen molar-refractivity contribution in [2.75, 3.05) is 32.0 Å². The van der Waals surface area contributed by atoms with Gasteiger partial charge in [-0.1, -0.05) is 23.5 Å². The van der Waals surface area contributed by atoms with Crippen molar-refractivity contribution in [3.63, 3.8) is 0 Å². The molecule has 3 rings (SSSR count). The van der Waals surface area contributed by atoms with Gasteiger partial charge in [-0.2, -0.15) is 0 Å². The van der Waals surface area contributed by atoms with Crippen LogP contribution in [0.2, 0.25) is 0 Å². The van der Waals surface area contributed by atoms with Gasteiger partial charge in [-0.15, -0.1) is 0 Å². The summed E-state index contributed by atoms with van der Waals surface area (Å²) in [6, 6.07) is 6.12. The van der Waals surface area contributed by atoms with Crippen LogP contribution < -0.4 is 5.73 Å². The number of nitrogens with zero attached hydrogens (tertiary/aromatic N) is 2. The van der Waals surface area contributed by atoms with Gasteiger partial charge in [0.1, 0.15) is 10.7 Å². The highest BCUT2D eigenvalue weighted by atomic mass is 32.1. The Labute approximate surface area is 144 Å². The number of carbonyl (C=O) groups excluding carboxylic acids is 1. The maximum Gasteiger partial charge on any atom is 0.267 e. The summed E-state index contributed by atoms with van der Waals surface area (Å²) in [6.45, 7) is 6.34. The monoisotopic (exact) mass is 349 g/mol. The molecule has 2 heterocycles. The zero-order valence-electron chi connectivity index (χ0n) is 13.2. The Kier molecular flexibility index (Phi) is 4.52. The maximum absolute atomic E-state index is 12.7. The summed E-state index contributed by atoms with van der Waals surface area (Å²) in [5, 5.41) is 0. The summed E-state index contributed by atoms with van der Waals surface area (Å²) in [5.41, 5.74) is 9.42. The molecule has 0 aliphatic carbocycles. The first kappa shape index (κ1) is 16.2. The van der Waals surface area contributed by atoms with Gasteiger partial charge in [0.05, 0.1) is 18.9 Å². The lowest BCUT2D eigenvalue weighted by molar-refractivity contribution is 0.0306. The van der Waals surface area contributed by atoms with Crippen LogP contribution >= 0.6 is 23.6 Å². The first-order chi connectivity index (χ1) is 11.0. The third-order valence-corrected chi connectivity index (χ3v) is 5.32. The van der Waals surface area contributed by atoms with Crippen LogP contribution in [-0.4, -0.2) is 41.7 Å². The average molecular weight is 349 g/mol. The first-order valence-corrected chi connectivity index (χ1v) is 8.67. The van der Waals surface area contributed by atoms with Crippen molar-refractivity contribution in [2.24, 2.45) is 0 Å². The number of nitrogens with two attached hydrogens (primary N) is 1. The van der Waals surface area contributed by atoms with E-state index in [0.717, 1.165) is 16.8 Å². The molecule has 1 amide bonds. The van der Waals surface area contributed by atoms with Crippen molar-refractivity contribution in [1.82, 2.24) is 9.47 Å². The van der Waals surface area contributed by atoms with Gasteiger partial charge in [-0.25, -0.2) is 0 Å². The first-order valence-electron chi connectivity index (χ1n) is 7.45. The summed E-state index contributed by atoms with van der Waals surface area (Å²) in [6.07, 6.45) is 0. The topological polar surface area (TPSA) is 60.5 Å². The van der Waals surface area contributed by atoms with Gasteiger partial charge in [-0.3, -0.25) is 9.36 Å². The highest BCUT2D eigenvalue weighted by Gasteiger charge is 2.25. The van der Waals surface area contributed by atoms with Gasteiger partial charge in [0.2, 0.25) is 0 Å². The summed E-state index contributed by atoms with van der Waals surface area (Å²) < 4.78 is 7.69. The summed E-state index contributed by atoms with van der Waals surface area (Å²) in [4.78, 5) is 15.0. The predicted octanol–water partition coefficient (Wildman–Crippen LogP) is 2.94. The molecule has 1 aromatic carbocycles. The van der Waals surface area contributed by atoms with Crippen LogP contribution in [0.3, 0.4) is 0 Å². The van der Waals surface area contributed by atoms with E-state index in [4.69, 9.17) is 22.7 Å². The molecule has 2 aromatic rings. The Morgan fingerprint density at radius 2 is 2.00 bits per heavy atom. The number of morpholine rings is 1. The Bertz CT molecular complexity index is 804. The number of hydrogen-bond acceptors (Lipinski definition) is 5. The molecule has 0 radical (unpaired) electrons. The van der Waals surface area contributed by atoms with Gasteiger partial charge in [-0.05, 0) is 43.3 Å². The molecule has 0 bridgehead atoms. The van der Waals surface area contributed by atoms with E-state index in [1.165, 1.54) is 11.3 Å². The van der Waals surface area contributed by atoms with Crippen molar-refractivity contribution in [1.29, 1.82) is 0 Å². The van der Waals surface area contributed by atoms with E-state index in [-0.39, 0.29) is 5.91 Å². The smallest absolute Gasteiger partial charge is 0.267 e. The third kappa shape index (κ3) is 3.04. The molecule has 1 saturated heterocycles. The molecule has 1 aromatic heterocycles. The molecule has 0 atom stereocenters. The molecule has 2 N–H and O–H groups in total. The lowest BCUT2D eigenvalue weighted by Gasteiger charge is -2.26. The molecule has 1 fully saturated rings. The second kappa shape index (κ2) is 6.43. The Hall–Kier alpha value is -1.70. The van der Waals surface area contributed by atoms with Crippen molar-refractivity contribution in [2.45, 2.75) is 13.8 Å². The molecule has 7 heteroatoms. The number of rotatable bonds is 2. The number of benzene rings is 1. The van der Waals surface area contributed by atoms with E-state index in [1.807, 2.05) is 32.0 Å². The fourth-order valence-electron chi connectivity index (χ4n) is 2.64. The van der Waals surface area contributed by atoms with Gasteiger partial charge in [0.25, 0.3) is 5.91 Å². The Balaban J connectivity index is 2.04. The van der Waals surface area contributed by atoms with E-state index in [9.17, 15) is 4.79 Å². The van der Waals surface area contributed by atoms with E-state index >= 15 is 0 Å². The minimum absolute atomic E-state index is 0.0639. The number of aromatic nitrogens is 1. The maximum atomic E-state index is 12.7. The molecule has 23 heavy (non-hydrogen) atoms. The van der Waals surface area contributed by atoms with Crippen molar-refractivity contribution >= 4 is 35.3 Å². The molecule has 0 saturated carbocycles. The molecule has 1 aliphatic rings. The van der Waals surface area contributed by atoms with Crippen LogP contribution in [0.5, 0.6) is 0 Å². The Morgan fingerprint density at radius 1 is 1.30 bits per heavy atom. The number of nitrogen functional groups attached to an aromatic ring is 1. The van der Waals surface area contributed by atoms with Gasteiger partial charge < -0.3 is 15.4 Å². The lowest BCUT2D eigenvalue weighted by Crippen LogP contribution is -2.40. The van der Waals surface area contributed by atoms with Gasteiger partial charge >= 0.3 is 0 Å². The molecular weight excluding hydrogens is 330 g/mol. The molecule has 1 aliphatic heterocycles. The zero-order valence-corrected chi connectivity index (χ0v) is 14.8. The summed E-state index contributed by atoms with van der Waals surface area (Å²) >= 11 is 6.74. The van der Waals surface area contributed by atoms with E-state index in [2.05, 4.69) is 0 Å². The van der Waals surface area contributed by atoms with Crippen molar-refractivity contribution < 1.29 is 9.53 Å². The standard InChI is InChI=1S/C16H19N3O2S2/c1-10-3-4-11(2)12(9-10)19-14(17)13(23-16(19)22)15(20)18-5-7-21-8-6-18/h3-4,9H,5-8,17H2,1-2H3. The summed E-state index contributed by atoms with van der Waals surface area (Å²) in [7, 11) is 0. The SMILES string of the molecule is Cc1ccc(C)c(-n2c(N)c(C(=O)N3CCOCC3)sc2=S)c1. The second-order valence-electron chi connectivity index (χ2n) is 5.61. The van der Waals surface area contributed by atoms with Crippen LogP contribution in [0.15, 0.2) is 18.2 Å². The van der Waals surface area contributed by atoms with Crippen LogP contribution in [0.25, 0.3) is 5.69 Å². The van der Waals surface area contributed by atoms with Crippen molar-refractivity contribution in [3.05, 3.63) is 38.2 Å². The van der Waals surface area contributed by atoms with Gasteiger partial charge in [0.15, 0.2) is 3.95 Å². The normalized spacial score (nSPS) is 15.0. The number of hydrogen-bond donors (Lipinski definition) is 1. The average Bonchev–Trinajstić information content (AvgIpc) is 2.85. The fraction of sp³-hybridized carbons (Fsp3) is 0.375. The third-order valence-electron chi connectivity index (χ3n) is 3.94. The molecule has 5 nitrogen and oxygen atoms in total. The summed E-state index contributed by atoms with van der Waals surface area (Å²) in [5.74, 6) is 0.358. The number of aryl methyl sites for hydroxylation is 2. The highest BCUT2D eigenvalue weighted by Crippen LogP contribution is 2.29. The van der Waals surface area contributed by atoms with Crippen LogP contribution in [0, 0.1) is 17.8 Å². The predicted molar refractivity (Wildman–Crippen MR) is 95.1 cm³/mol. The van der Waals surface area contributed by atoms with E-state index < -0.39 is 0 Å².